The van der Waals surface area contributed by atoms with Crippen LogP contribution in [0.3, 0.4) is 0 Å². The Hall–Kier alpha value is -2.39. The number of halogens is 3. The second-order valence-corrected chi connectivity index (χ2v) is 7.57. The summed E-state index contributed by atoms with van der Waals surface area (Å²) in [6.45, 7) is 6.11. The summed E-state index contributed by atoms with van der Waals surface area (Å²) >= 11 is 0. The van der Waals surface area contributed by atoms with E-state index < -0.39 is 12.0 Å². The number of nitrogens with zero attached hydrogens (tertiary/aromatic N) is 5. The highest BCUT2D eigenvalue weighted by atomic mass is 19.4. The predicted octanol–water partition coefficient (Wildman–Crippen LogP) is 2.91. The topological polar surface area (TPSA) is 75.4 Å². The van der Waals surface area contributed by atoms with Gasteiger partial charge >= 0.3 is 6.18 Å². The van der Waals surface area contributed by atoms with E-state index >= 15 is 0 Å². The summed E-state index contributed by atoms with van der Waals surface area (Å²) in [6.07, 6.45) is -1.29. The Morgan fingerprint density at radius 2 is 1.96 bits per heavy atom. The highest BCUT2D eigenvalue weighted by molar-refractivity contribution is 5.78. The van der Waals surface area contributed by atoms with E-state index in [2.05, 4.69) is 34.5 Å². The van der Waals surface area contributed by atoms with Gasteiger partial charge in [0.15, 0.2) is 5.65 Å². The Morgan fingerprint density at radius 3 is 2.61 bits per heavy atom. The van der Waals surface area contributed by atoms with Crippen molar-refractivity contribution >= 4 is 17.4 Å². The molecule has 0 aliphatic carbocycles. The minimum absolute atomic E-state index is 0.0479. The van der Waals surface area contributed by atoms with Crippen molar-refractivity contribution in [2.75, 3.05) is 24.5 Å². The molecule has 1 saturated heterocycles. The van der Waals surface area contributed by atoms with Gasteiger partial charge < -0.3 is 10.2 Å². The van der Waals surface area contributed by atoms with E-state index in [1.54, 1.807) is 6.07 Å². The summed E-state index contributed by atoms with van der Waals surface area (Å²) in [5.41, 5.74) is 0.0479. The Balaban J connectivity index is 1.58. The first kappa shape index (κ1) is 20.3. The van der Waals surface area contributed by atoms with Gasteiger partial charge in [0.05, 0.1) is 0 Å². The van der Waals surface area contributed by atoms with Gasteiger partial charge in [-0.05, 0) is 43.7 Å². The van der Waals surface area contributed by atoms with Gasteiger partial charge in [-0.15, -0.1) is 15.3 Å². The maximum atomic E-state index is 13.0. The molecular formula is C18H25F3N6O. The molecular weight excluding hydrogens is 373 g/mol. The lowest BCUT2D eigenvalue weighted by molar-refractivity contribution is -0.146. The Morgan fingerprint density at radius 1 is 1.25 bits per heavy atom. The molecule has 0 saturated carbocycles. The van der Waals surface area contributed by atoms with Crippen molar-refractivity contribution in [2.24, 2.45) is 11.8 Å². The summed E-state index contributed by atoms with van der Waals surface area (Å²) < 4.78 is 39.8. The summed E-state index contributed by atoms with van der Waals surface area (Å²) in [4.78, 5) is 14.2. The van der Waals surface area contributed by atoms with Crippen LogP contribution in [0.4, 0.5) is 19.0 Å². The molecule has 7 nitrogen and oxygen atoms in total. The number of carbonyl (C=O) groups is 1. The molecule has 1 N–H and O–H groups in total. The fraction of sp³-hybridized carbons (Fsp3) is 0.667. The van der Waals surface area contributed by atoms with Gasteiger partial charge in [-0.25, -0.2) is 0 Å². The van der Waals surface area contributed by atoms with Gasteiger partial charge in [0, 0.05) is 25.6 Å². The number of anilines is 1. The average molecular weight is 398 g/mol. The lowest BCUT2D eigenvalue weighted by Crippen LogP contribution is -2.41. The molecule has 1 fully saturated rings. The minimum Gasteiger partial charge on any atom is -0.356 e. The summed E-state index contributed by atoms with van der Waals surface area (Å²) in [5, 5.41) is 13.8. The van der Waals surface area contributed by atoms with Crippen molar-refractivity contribution in [1.29, 1.82) is 0 Å². The lowest BCUT2D eigenvalue weighted by Gasteiger charge is -2.32. The molecule has 2 aromatic heterocycles. The average Bonchev–Trinajstić information content (AvgIpc) is 3.08. The number of amides is 1. The van der Waals surface area contributed by atoms with Gasteiger partial charge in [-0.3, -0.25) is 4.79 Å². The number of rotatable bonds is 6. The molecule has 0 spiro atoms. The van der Waals surface area contributed by atoms with Crippen molar-refractivity contribution < 1.29 is 18.0 Å². The predicted molar refractivity (Wildman–Crippen MR) is 97.8 cm³/mol. The van der Waals surface area contributed by atoms with Crippen molar-refractivity contribution in [3.8, 4) is 0 Å². The molecule has 3 rings (SSSR count). The van der Waals surface area contributed by atoms with Crippen molar-refractivity contribution in [1.82, 2.24) is 25.1 Å². The molecule has 2 aromatic rings. The van der Waals surface area contributed by atoms with Crippen molar-refractivity contribution in [3.05, 3.63) is 18.0 Å². The molecule has 1 aliphatic rings. The quantitative estimate of drug-likeness (QED) is 0.758. The molecule has 0 unspecified atom stereocenters. The Bertz CT molecular complexity index is 811. The Kier molecular flexibility index (Phi) is 6.04. The Labute approximate surface area is 161 Å². The van der Waals surface area contributed by atoms with E-state index in [-0.39, 0.29) is 17.5 Å². The van der Waals surface area contributed by atoms with Crippen LogP contribution in [0.25, 0.3) is 5.65 Å². The number of fused-ring (bicyclic) bond motifs is 1. The summed E-state index contributed by atoms with van der Waals surface area (Å²) in [7, 11) is 0. The number of carbonyl (C=O) groups excluding carboxylic acids is 1. The van der Waals surface area contributed by atoms with Crippen LogP contribution >= 0.6 is 0 Å². The van der Waals surface area contributed by atoms with Crippen LogP contribution in [0.15, 0.2) is 12.1 Å². The van der Waals surface area contributed by atoms with Crippen LogP contribution in [-0.2, 0) is 11.0 Å². The molecule has 0 bridgehead atoms. The highest BCUT2D eigenvalue weighted by Gasteiger charge is 2.38. The zero-order valence-electron chi connectivity index (χ0n) is 16.0. The number of nitrogens with one attached hydrogen (secondary N) is 1. The van der Waals surface area contributed by atoms with Gasteiger partial charge in [0.1, 0.15) is 5.82 Å². The molecule has 1 aliphatic heterocycles. The highest BCUT2D eigenvalue weighted by Crippen LogP contribution is 2.28. The van der Waals surface area contributed by atoms with Crippen molar-refractivity contribution in [3.63, 3.8) is 0 Å². The fourth-order valence-corrected chi connectivity index (χ4v) is 3.36. The van der Waals surface area contributed by atoms with Gasteiger partial charge in [-0.1, -0.05) is 13.8 Å². The van der Waals surface area contributed by atoms with E-state index in [4.69, 9.17) is 0 Å². The van der Waals surface area contributed by atoms with Gasteiger partial charge in [0.25, 0.3) is 5.82 Å². The number of alkyl halides is 3. The second-order valence-electron chi connectivity index (χ2n) is 7.57. The molecule has 28 heavy (non-hydrogen) atoms. The van der Waals surface area contributed by atoms with Crippen LogP contribution in [0, 0.1) is 11.8 Å². The number of piperidine rings is 1. The maximum Gasteiger partial charge on any atom is 0.453 e. The van der Waals surface area contributed by atoms with Crippen LogP contribution in [0.2, 0.25) is 0 Å². The standard InChI is InChI=1S/C18H25F3N6O/c1-12(2)4-3-9-22-16(28)13-7-10-26(11-8-13)15-6-5-14-23-24-17(18(19,20)21)27(14)25-15/h5-6,12-13H,3-4,7-11H2,1-2H3,(H,22,28). The summed E-state index contributed by atoms with van der Waals surface area (Å²) in [6, 6.07) is 3.11. The van der Waals surface area contributed by atoms with Crippen molar-refractivity contribution in [2.45, 2.75) is 45.7 Å². The van der Waals surface area contributed by atoms with E-state index in [1.165, 1.54) is 6.07 Å². The van der Waals surface area contributed by atoms with E-state index in [0.29, 0.717) is 44.2 Å². The van der Waals surface area contributed by atoms with E-state index in [9.17, 15) is 18.0 Å². The van der Waals surface area contributed by atoms with Crippen LogP contribution in [0.5, 0.6) is 0 Å². The van der Waals surface area contributed by atoms with E-state index in [1.807, 2.05) is 4.90 Å². The molecule has 154 valence electrons. The molecule has 0 atom stereocenters. The minimum atomic E-state index is -4.62. The first-order valence-corrected chi connectivity index (χ1v) is 9.58. The van der Waals surface area contributed by atoms with Gasteiger partial charge in [-0.2, -0.15) is 17.7 Å². The van der Waals surface area contributed by atoms with Crippen LogP contribution < -0.4 is 10.2 Å². The van der Waals surface area contributed by atoms with E-state index in [0.717, 1.165) is 17.4 Å². The number of aromatic nitrogens is 4. The zero-order valence-corrected chi connectivity index (χ0v) is 16.0. The fourth-order valence-electron chi connectivity index (χ4n) is 3.36. The monoisotopic (exact) mass is 398 g/mol. The number of hydrogen-bond acceptors (Lipinski definition) is 5. The smallest absolute Gasteiger partial charge is 0.356 e. The molecule has 0 radical (unpaired) electrons. The third-order valence-corrected chi connectivity index (χ3v) is 4.95. The normalized spacial score (nSPS) is 16.1. The maximum absolute atomic E-state index is 13.0. The van der Waals surface area contributed by atoms with Crippen LogP contribution in [0.1, 0.15) is 45.4 Å². The van der Waals surface area contributed by atoms with Gasteiger partial charge in [0.2, 0.25) is 5.91 Å². The lowest BCUT2D eigenvalue weighted by atomic mass is 9.96. The molecule has 3 heterocycles. The molecule has 0 aromatic carbocycles. The molecule has 10 heteroatoms. The first-order valence-electron chi connectivity index (χ1n) is 9.58. The second kappa shape index (κ2) is 8.32. The number of hydrogen-bond donors (Lipinski definition) is 1. The largest absolute Gasteiger partial charge is 0.453 e. The van der Waals surface area contributed by atoms with Crippen LogP contribution in [-0.4, -0.2) is 45.4 Å². The third kappa shape index (κ3) is 4.71. The zero-order chi connectivity index (χ0) is 20.3. The summed E-state index contributed by atoms with van der Waals surface area (Å²) in [5.74, 6) is -0.105. The molecule has 1 amide bonds. The SMILES string of the molecule is CC(C)CCCNC(=O)C1CCN(c2ccc3nnc(C(F)(F)F)n3n2)CC1. The first-order chi connectivity index (χ1) is 13.3. The third-order valence-electron chi connectivity index (χ3n) is 4.95.